The second-order valence-electron chi connectivity index (χ2n) is 4.91. The van der Waals surface area contributed by atoms with E-state index in [1.807, 2.05) is 30.3 Å². The van der Waals surface area contributed by atoms with Crippen molar-refractivity contribution >= 4 is 11.9 Å². The van der Waals surface area contributed by atoms with Gasteiger partial charge in [-0.05, 0) is 18.6 Å². The van der Waals surface area contributed by atoms with Crippen LogP contribution in [0.3, 0.4) is 0 Å². The highest BCUT2D eigenvalue weighted by molar-refractivity contribution is 6.01. The van der Waals surface area contributed by atoms with Gasteiger partial charge in [0.25, 0.3) is 0 Å². The lowest BCUT2D eigenvalue weighted by Gasteiger charge is -2.13. The van der Waals surface area contributed by atoms with E-state index in [0.29, 0.717) is 11.3 Å². The van der Waals surface area contributed by atoms with E-state index in [0.717, 1.165) is 5.56 Å². The van der Waals surface area contributed by atoms with Gasteiger partial charge < -0.3 is 14.8 Å². The maximum absolute atomic E-state index is 12.3. The molecule has 1 amide bonds. The number of hydrogen-bond donors (Lipinski definition) is 1. The Morgan fingerprint density at radius 3 is 2.65 bits per heavy atom. The van der Waals surface area contributed by atoms with Crippen LogP contribution in [0.1, 0.15) is 22.8 Å². The largest absolute Gasteiger partial charge is 0.495 e. The van der Waals surface area contributed by atoms with Crippen molar-refractivity contribution < 1.29 is 19.1 Å². The minimum Gasteiger partial charge on any atom is -0.495 e. The molecule has 0 aliphatic heterocycles. The molecule has 1 aromatic heterocycles. The number of amides is 1. The van der Waals surface area contributed by atoms with Crippen molar-refractivity contribution in [3.05, 3.63) is 59.9 Å². The molecule has 120 valence electrons. The summed E-state index contributed by atoms with van der Waals surface area (Å²) in [4.78, 5) is 27.9. The highest BCUT2D eigenvalue weighted by atomic mass is 16.5. The number of aromatic nitrogens is 1. The molecule has 23 heavy (non-hydrogen) atoms. The summed E-state index contributed by atoms with van der Waals surface area (Å²) < 4.78 is 10.1. The van der Waals surface area contributed by atoms with Crippen molar-refractivity contribution in [1.29, 1.82) is 0 Å². The third-order valence-electron chi connectivity index (χ3n) is 3.17. The van der Waals surface area contributed by atoms with Gasteiger partial charge in [0.2, 0.25) is 0 Å². The minimum absolute atomic E-state index is 0.147. The first kappa shape index (κ1) is 16.5. The average Bonchev–Trinajstić information content (AvgIpc) is 2.60. The Kier molecular flexibility index (Phi) is 5.68. The zero-order chi connectivity index (χ0) is 16.7. The first-order chi connectivity index (χ1) is 11.1. The second-order valence-corrected chi connectivity index (χ2v) is 4.91. The Bertz CT molecular complexity index is 673. The summed E-state index contributed by atoms with van der Waals surface area (Å²) in [5.74, 6) is 0.211. The van der Waals surface area contributed by atoms with Crippen LogP contribution in [0.25, 0.3) is 0 Å². The molecule has 0 aliphatic carbocycles. The normalized spacial score (nSPS) is 11.4. The maximum Gasteiger partial charge on any atom is 0.408 e. The molecule has 1 atom stereocenters. The van der Waals surface area contributed by atoms with Crippen LogP contribution in [-0.4, -0.2) is 30.0 Å². The number of ether oxygens (including phenoxy) is 2. The van der Waals surface area contributed by atoms with Crippen LogP contribution < -0.4 is 10.1 Å². The molecule has 1 unspecified atom stereocenters. The standard InChI is InChI=1S/C17H18N2O4/c1-12(16(20)14-8-15(22-2)10-18-9-14)19-17(21)23-11-13-6-4-3-5-7-13/h3-10,12H,11H2,1-2H3,(H,19,21). The average molecular weight is 314 g/mol. The number of carbonyl (C=O) groups excluding carboxylic acids is 2. The van der Waals surface area contributed by atoms with Gasteiger partial charge in [-0.15, -0.1) is 0 Å². The summed E-state index contributed by atoms with van der Waals surface area (Å²) in [6, 6.07) is 10.1. The summed E-state index contributed by atoms with van der Waals surface area (Å²) in [7, 11) is 1.49. The summed E-state index contributed by atoms with van der Waals surface area (Å²) in [5, 5.41) is 2.51. The highest BCUT2D eigenvalue weighted by Crippen LogP contribution is 2.12. The number of hydrogen-bond acceptors (Lipinski definition) is 5. The molecule has 1 aromatic carbocycles. The zero-order valence-electron chi connectivity index (χ0n) is 13.0. The van der Waals surface area contributed by atoms with E-state index in [4.69, 9.17) is 9.47 Å². The molecule has 0 bridgehead atoms. The summed E-state index contributed by atoms with van der Waals surface area (Å²) in [5.41, 5.74) is 1.24. The van der Waals surface area contributed by atoms with Crippen LogP contribution in [0.5, 0.6) is 5.75 Å². The van der Waals surface area contributed by atoms with E-state index < -0.39 is 12.1 Å². The van der Waals surface area contributed by atoms with Gasteiger partial charge in [-0.3, -0.25) is 9.78 Å². The van der Waals surface area contributed by atoms with Crippen molar-refractivity contribution in [2.45, 2.75) is 19.6 Å². The van der Waals surface area contributed by atoms with Gasteiger partial charge in [0.1, 0.15) is 12.4 Å². The number of methoxy groups -OCH3 is 1. The van der Waals surface area contributed by atoms with Crippen LogP contribution in [0.15, 0.2) is 48.8 Å². The van der Waals surface area contributed by atoms with Gasteiger partial charge >= 0.3 is 6.09 Å². The molecule has 0 radical (unpaired) electrons. The van der Waals surface area contributed by atoms with Gasteiger partial charge in [-0.25, -0.2) is 4.79 Å². The quantitative estimate of drug-likeness (QED) is 0.829. The van der Waals surface area contributed by atoms with Gasteiger partial charge in [0.15, 0.2) is 5.78 Å². The molecule has 1 heterocycles. The fraction of sp³-hybridized carbons (Fsp3) is 0.235. The molecule has 6 nitrogen and oxygen atoms in total. The fourth-order valence-electron chi connectivity index (χ4n) is 1.92. The molecule has 0 spiro atoms. The van der Waals surface area contributed by atoms with Crippen molar-refractivity contribution in [2.24, 2.45) is 0 Å². The van der Waals surface area contributed by atoms with E-state index >= 15 is 0 Å². The molecular formula is C17H18N2O4. The number of nitrogens with zero attached hydrogens (tertiary/aromatic N) is 1. The SMILES string of the molecule is COc1cncc(C(=O)C(C)NC(=O)OCc2ccccc2)c1. The Balaban J connectivity index is 1.88. The number of benzene rings is 1. The second kappa shape index (κ2) is 7.93. The molecule has 0 fully saturated rings. The number of Topliss-reactive ketones (excluding diaryl/α,β-unsaturated/α-hetero) is 1. The number of alkyl carbamates (subject to hydrolysis) is 1. The smallest absolute Gasteiger partial charge is 0.408 e. The monoisotopic (exact) mass is 314 g/mol. The molecule has 0 saturated heterocycles. The van der Waals surface area contributed by atoms with Crippen LogP contribution in [-0.2, 0) is 11.3 Å². The summed E-state index contributed by atoms with van der Waals surface area (Å²) in [6.45, 7) is 1.74. The van der Waals surface area contributed by atoms with E-state index in [1.54, 1.807) is 13.0 Å². The first-order valence-electron chi connectivity index (χ1n) is 7.10. The molecule has 1 N–H and O–H groups in total. The Hall–Kier alpha value is -2.89. The molecule has 0 saturated carbocycles. The van der Waals surface area contributed by atoms with E-state index in [-0.39, 0.29) is 12.4 Å². The number of ketones is 1. The van der Waals surface area contributed by atoms with Gasteiger partial charge in [-0.1, -0.05) is 30.3 Å². The summed E-state index contributed by atoms with van der Waals surface area (Å²) in [6.07, 6.45) is 2.28. The molecule has 0 aliphatic rings. The third-order valence-corrected chi connectivity index (χ3v) is 3.17. The Labute approximate surface area is 134 Å². The van der Waals surface area contributed by atoms with E-state index in [1.165, 1.54) is 19.5 Å². The van der Waals surface area contributed by atoms with E-state index in [9.17, 15) is 9.59 Å². The number of pyridine rings is 1. The number of nitrogens with one attached hydrogen (secondary N) is 1. The Morgan fingerprint density at radius 1 is 1.22 bits per heavy atom. The van der Waals surface area contributed by atoms with Crippen molar-refractivity contribution in [2.75, 3.05) is 7.11 Å². The predicted octanol–water partition coefficient (Wildman–Crippen LogP) is 2.59. The Morgan fingerprint density at radius 2 is 1.96 bits per heavy atom. The first-order valence-corrected chi connectivity index (χ1v) is 7.10. The van der Waals surface area contributed by atoms with Crippen molar-refractivity contribution in [3.8, 4) is 5.75 Å². The van der Waals surface area contributed by atoms with E-state index in [2.05, 4.69) is 10.3 Å². The van der Waals surface area contributed by atoms with Crippen LogP contribution in [0, 0.1) is 0 Å². The number of rotatable bonds is 6. The molecule has 6 heteroatoms. The zero-order valence-corrected chi connectivity index (χ0v) is 13.0. The molecular weight excluding hydrogens is 296 g/mol. The van der Waals surface area contributed by atoms with Gasteiger partial charge in [0, 0.05) is 11.8 Å². The van der Waals surface area contributed by atoms with Crippen LogP contribution >= 0.6 is 0 Å². The topological polar surface area (TPSA) is 77.5 Å². The van der Waals surface area contributed by atoms with Gasteiger partial charge in [0.05, 0.1) is 19.3 Å². The molecule has 2 aromatic rings. The highest BCUT2D eigenvalue weighted by Gasteiger charge is 2.19. The third kappa shape index (κ3) is 4.81. The lowest BCUT2D eigenvalue weighted by Crippen LogP contribution is -2.38. The van der Waals surface area contributed by atoms with Crippen LogP contribution in [0.4, 0.5) is 4.79 Å². The fourth-order valence-corrected chi connectivity index (χ4v) is 1.92. The van der Waals surface area contributed by atoms with Crippen molar-refractivity contribution in [3.63, 3.8) is 0 Å². The number of carbonyl (C=O) groups is 2. The lowest BCUT2D eigenvalue weighted by atomic mass is 10.1. The van der Waals surface area contributed by atoms with Crippen molar-refractivity contribution in [1.82, 2.24) is 10.3 Å². The lowest BCUT2D eigenvalue weighted by molar-refractivity contribution is 0.0926. The molecule has 2 rings (SSSR count). The predicted molar refractivity (Wildman–Crippen MR) is 84.3 cm³/mol. The van der Waals surface area contributed by atoms with Gasteiger partial charge in [-0.2, -0.15) is 0 Å². The summed E-state index contributed by atoms with van der Waals surface area (Å²) >= 11 is 0. The maximum atomic E-state index is 12.3. The van der Waals surface area contributed by atoms with Crippen LogP contribution in [0.2, 0.25) is 0 Å². The minimum atomic E-state index is -0.729.